The van der Waals surface area contributed by atoms with Gasteiger partial charge in [0.05, 0.1) is 10.7 Å². The third-order valence-electron chi connectivity index (χ3n) is 4.01. The summed E-state index contributed by atoms with van der Waals surface area (Å²) < 4.78 is 0. The summed E-state index contributed by atoms with van der Waals surface area (Å²) in [5.74, 6) is 0.403. The molecule has 6 heteroatoms. The molecule has 1 unspecified atom stereocenters. The molecule has 1 aromatic heterocycles. The van der Waals surface area contributed by atoms with Gasteiger partial charge in [0, 0.05) is 18.7 Å². The number of halogens is 1. The van der Waals surface area contributed by atoms with Crippen LogP contribution in [0.1, 0.15) is 16.9 Å². The molecule has 0 aliphatic carbocycles. The van der Waals surface area contributed by atoms with Gasteiger partial charge >= 0.3 is 0 Å². The first-order valence-corrected chi connectivity index (χ1v) is 7.78. The van der Waals surface area contributed by atoms with E-state index in [0.29, 0.717) is 28.9 Å². The van der Waals surface area contributed by atoms with Gasteiger partial charge in [0.1, 0.15) is 5.69 Å². The molecule has 22 heavy (non-hydrogen) atoms. The average molecular weight is 319 g/mol. The number of carbonyl (C=O) groups is 1. The molecule has 1 aromatic carbocycles. The van der Waals surface area contributed by atoms with Crippen molar-refractivity contribution in [2.45, 2.75) is 6.42 Å². The zero-order valence-electron chi connectivity index (χ0n) is 12.5. The summed E-state index contributed by atoms with van der Waals surface area (Å²) in [4.78, 5) is 14.5. The fourth-order valence-electron chi connectivity index (χ4n) is 2.77. The maximum atomic E-state index is 12.2. The van der Waals surface area contributed by atoms with Crippen LogP contribution in [-0.2, 0) is 0 Å². The van der Waals surface area contributed by atoms with Crippen LogP contribution in [-0.4, -0.2) is 47.7 Å². The lowest BCUT2D eigenvalue weighted by atomic mass is 10.1. The highest BCUT2D eigenvalue weighted by Gasteiger charge is 2.20. The lowest BCUT2D eigenvalue weighted by Gasteiger charge is -2.10. The second-order valence-electron chi connectivity index (χ2n) is 5.77. The molecule has 3 rings (SSSR count). The molecule has 2 N–H and O–H groups in total. The first-order chi connectivity index (χ1) is 10.6. The Labute approximate surface area is 134 Å². The molecule has 1 atom stereocenters. The van der Waals surface area contributed by atoms with E-state index in [1.165, 1.54) is 0 Å². The highest BCUT2D eigenvalue weighted by Crippen LogP contribution is 2.26. The normalized spacial score (nSPS) is 18.5. The summed E-state index contributed by atoms with van der Waals surface area (Å²) >= 11 is 6.15. The standard InChI is InChI=1S/C16H19ClN4O/c1-21-7-6-11(10-21)9-18-16(22)15-8-14(19-20-15)12-4-2-3-5-13(12)17/h2-5,8,11H,6-7,9-10H2,1H3,(H,18,22)(H,19,20). The van der Waals surface area contributed by atoms with E-state index < -0.39 is 0 Å². The molecule has 0 saturated carbocycles. The molecular weight excluding hydrogens is 300 g/mol. The average Bonchev–Trinajstić information content (AvgIpc) is 3.14. The SMILES string of the molecule is CN1CCC(CNC(=O)c2cc(-c3ccccc3Cl)n[nH]2)C1. The minimum absolute atomic E-state index is 0.125. The van der Waals surface area contributed by atoms with Crippen LogP contribution in [0, 0.1) is 5.92 Å². The van der Waals surface area contributed by atoms with Crippen LogP contribution in [0.15, 0.2) is 30.3 Å². The zero-order chi connectivity index (χ0) is 15.5. The summed E-state index contributed by atoms with van der Waals surface area (Å²) in [6, 6.07) is 9.19. The summed E-state index contributed by atoms with van der Waals surface area (Å²) in [5, 5.41) is 10.6. The van der Waals surface area contributed by atoms with E-state index in [-0.39, 0.29) is 5.91 Å². The van der Waals surface area contributed by atoms with Crippen LogP contribution >= 0.6 is 11.6 Å². The second kappa shape index (κ2) is 6.50. The summed E-state index contributed by atoms with van der Waals surface area (Å²) in [6.45, 7) is 2.83. The summed E-state index contributed by atoms with van der Waals surface area (Å²) in [7, 11) is 2.10. The number of benzene rings is 1. The molecular formula is C16H19ClN4O. The first kappa shape index (κ1) is 15.1. The van der Waals surface area contributed by atoms with Gasteiger partial charge in [0.25, 0.3) is 5.91 Å². The van der Waals surface area contributed by atoms with Crippen LogP contribution in [0.4, 0.5) is 0 Å². The van der Waals surface area contributed by atoms with Gasteiger partial charge in [0.2, 0.25) is 0 Å². The van der Waals surface area contributed by atoms with E-state index in [0.717, 1.165) is 25.1 Å². The first-order valence-electron chi connectivity index (χ1n) is 7.40. The van der Waals surface area contributed by atoms with Crippen LogP contribution < -0.4 is 5.32 Å². The summed E-state index contributed by atoms with van der Waals surface area (Å²) in [5.41, 5.74) is 1.95. The number of H-pyrrole nitrogens is 1. The predicted molar refractivity (Wildman–Crippen MR) is 87.0 cm³/mol. The van der Waals surface area contributed by atoms with Crippen molar-refractivity contribution in [1.82, 2.24) is 20.4 Å². The molecule has 116 valence electrons. The number of hydrogen-bond acceptors (Lipinski definition) is 3. The number of rotatable bonds is 4. The van der Waals surface area contributed by atoms with E-state index >= 15 is 0 Å². The quantitative estimate of drug-likeness (QED) is 0.910. The number of amides is 1. The van der Waals surface area contributed by atoms with Crippen LogP contribution in [0.5, 0.6) is 0 Å². The maximum absolute atomic E-state index is 12.2. The van der Waals surface area contributed by atoms with Crippen molar-refractivity contribution in [3.8, 4) is 11.3 Å². The fourth-order valence-corrected chi connectivity index (χ4v) is 3.00. The molecule has 0 spiro atoms. The highest BCUT2D eigenvalue weighted by atomic mass is 35.5. The molecule has 2 aromatic rings. The molecule has 1 aliphatic rings. The van der Waals surface area contributed by atoms with Crippen molar-refractivity contribution in [2.75, 3.05) is 26.7 Å². The van der Waals surface area contributed by atoms with Crippen LogP contribution in [0.2, 0.25) is 5.02 Å². The molecule has 2 heterocycles. The Morgan fingerprint density at radius 3 is 3.05 bits per heavy atom. The monoisotopic (exact) mass is 318 g/mol. The topological polar surface area (TPSA) is 61.0 Å². The maximum Gasteiger partial charge on any atom is 0.269 e. The number of likely N-dealkylation sites (tertiary alicyclic amines) is 1. The molecule has 0 radical (unpaired) electrons. The number of nitrogens with one attached hydrogen (secondary N) is 2. The second-order valence-corrected chi connectivity index (χ2v) is 6.18. The third-order valence-corrected chi connectivity index (χ3v) is 4.34. The molecule has 1 amide bonds. The third kappa shape index (κ3) is 3.31. The van der Waals surface area contributed by atoms with Gasteiger partial charge in [-0.25, -0.2) is 0 Å². The van der Waals surface area contributed by atoms with Crippen LogP contribution in [0.25, 0.3) is 11.3 Å². The molecule has 0 bridgehead atoms. The van der Waals surface area contributed by atoms with E-state index in [1.807, 2.05) is 24.3 Å². The van der Waals surface area contributed by atoms with Crippen molar-refractivity contribution in [1.29, 1.82) is 0 Å². The van der Waals surface area contributed by atoms with Crippen molar-refractivity contribution >= 4 is 17.5 Å². The number of aromatic nitrogens is 2. The minimum Gasteiger partial charge on any atom is -0.350 e. The molecule has 1 aliphatic heterocycles. The number of nitrogens with zero attached hydrogens (tertiary/aromatic N) is 2. The Hall–Kier alpha value is -1.85. The van der Waals surface area contributed by atoms with Gasteiger partial charge < -0.3 is 10.2 Å². The van der Waals surface area contributed by atoms with Gasteiger partial charge in [0.15, 0.2) is 0 Å². The Bertz CT molecular complexity index is 670. The van der Waals surface area contributed by atoms with E-state index in [4.69, 9.17) is 11.6 Å². The van der Waals surface area contributed by atoms with Crippen molar-refractivity contribution in [3.05, 3.63) is 41.0 Å². The smallest absolute Gasteiger partial charge is 0.269 e. The van der Waals surface area contributed by atoms with Gasteiger partial charge in [-0.2, -0.15) is 5.10 Å². The largest absolute Gasteiger partial charge is 0.350 e. The van der Waals surface area contributed by atoms with E-state index in [2.05, 4.69) is 27.5 Å². The van der Waals surface area contributed by atoms with Gasteiger partial charge in [-0.1, -0.05) is 29.8 Å². The van der Waals surface area contributed by atoms with Crippen molar-refractivity contribution in [3.63, 3.8) is 0 Å². The van der Waals surface area contributed by atoms with Gasteiger partial charge in [-0.3, -0.25) is 9.89 Å². The minimum atomic E-state index is -0.125. The Kier molecular flexibility index (Phi) is 4.45. The molecule has 1 saturated heterocycles. The number of carbonyl (C=O) groups excluding carboxylic acids is 1. The van der Waals surface area contributed by atoms with Gasteiger partial charge in [-0.05, 0) is 38.1 Å². The van der Waals surface area contributed by atoms with Crippen molar-refractivity contribution < 1.29 is 4.79 Å². The predicted octanol–water partition coefficient (Wildman–Crippen LogP) is 2.41. The number of hydrogen-bond donors (Lipinski definition) is 2. The van der Waals surface area contributed by atoms with Crippen molar-refractivity contribution in [2.24, 2.45) is 5.92 Å². The molecule has 1 fully saturated rings. The van der Waals surface area contributed by atoms with Gasteiger partial charge in [-0.15, -0.1) is 0 Å². The van der Waals surface area contributed by atoms with E-state index in [1.54, 1.807) is 6.07 Å². The fraction of sp³-hybridized carbons (Fsp3) is 0.375. The Balaban J connectivity index is 1.63. The number of aromatic amines is 1. The van der Waals surface area contributed by atoms with E-state index in [9.17, 15) is 4.79 Å². The molecule has 5 nitrogen and oxygen atoms in total. The lowest BCUT2D eigenvalue weighted by molar-refractivity contribution is 0.0942. The van der Waals surface area contributed by atoms with Crippen LogP contribution in [0.3, 0.4) is 0 Å². The lowest BCUT2D eigenvalue weighted by Crippen LogP contribution is -2.30. The Morgan fingerprint density at radius 1 is 1.50 bits per heavy atom. The highest BCUT2D eigenvalue weighted by molar-refractivity contribution is 6.33. The zero-order valence-corrected chi connectivity index (χ0v) is 13.2. The summed E-state index contributed by atoms with van der Waals surface area (Å²) in [6.07, 6.45) is 1.13. The Morgan fingerprint density at radius 2 is 2.32 bits per heavy atom.